The molecule has 3 rings (SSSR count). The SMILES string of the molecule is COc1ccc(CN(C)C(=O)c2ccc(Oc3ccccc3)cc2)c(OC)c1. The highest BCUT2D eigenvalue weighted by atomic mass is 16.5. The smallest absolute Gasteiger partial charge is 0.253 e. The second kappa shape index (κ2) is 8.95. The maximum atomic E-state index is 12.8. The zero-order valence-corrected chi connectivity index (χ0v) is 16.2. The summed E-state index contributed by atoms with van der Waals surface area (Å²) in [5, 5.41) is 0. The van der Waals surface area contributed by atoms with Crippen LogP contribution in [0.1, 0.15) is 15.9 Å². The topological polar surface area (TPSA) is 48.0 Å². The van der Waals surface area contributed by atoms with Crippen molar-refractivity contribution in [3.05, 3.63) is 83.9 Å². The molecular weight excluding hydrogens is 354 g/mol. The molecule has 28 heavy (non-hydrogen) atoms. The van der Waals surface area contributed by atoms with Gasteiger partial charge in [0.05, 0.1) is 14.2 Å². The average Bonchev–Trinajstić information content (AvgIpc) is 2.74. The van der Waals surface area contributed by atoms with Gasteiger partial charge in [0.1, 0.15) is 23.0 Å². The Morgan fingerprint density at radius 2 is 1.46 bits per heavy atom. The molecule has 0 heterocycles. The number of carbonyl (C=O) groups excluding carboxylic acids is 1. The van der Waals surface area contributed by atoms with Crippen molar-refractivity contribution in [3.8, 4) is 23.0 Å². The van der Waals surface area contributed by atoms with Gasteiger partial charge in [0, 0.05) is 30.8 Å². The number of carbonyl (C=O) groups is 1. The van der Waals surface area contributed by atoms with Gasteiger partial charge in [-0.1, -0.05) is 18.2 Å². The van der Waals surface area contributed by atoms with E-state index >= 15 is 0 Å². The molecule has 0 saturated heterocycles. The second-order valence-corrected chi connectivity index (χ2v) is 6.28. The van der Waals surface area contributed by atoms with Crippen molar-refractivity contribution >= 4 is 5.91 Å². The third-order valence-electron chi connectivity index (χ3n) is 4.33. The predicted molar refractivity (Wildman–Crippen MR) is 108 cm³/mol. The van der Waals surface area contributed by atoms with E-state index in [4.69, 9.17) is 14.2 Å². The number of benzene rings is 3. The molecule has 3 aromatic carbocycles. The van der Waals surface area contributed by atoms with Crippen molar-refractivity contribution in [2.24, 2.45) is 0 Å². The molecule has 0 aliphatic heterocycles. The summed E-state index contributed by atoms with van der Waals surface area (Å²) >= 11 is 0. The fraction of sp³-hybridized carbons (Fsp3) is 0.174. The van der Waals surface area contributed by atoms with Crippen molar-refractivity contribution in [2.45, 2.75) is 6.54 Å². The Labute approximate surface area is 165 Å². The van der Waals surface area contributed by atoms with Gasteiger partial charge in [-0.25, -0.2) is 0 Å². The number of para-hydroxylation sites is 1. The van der Waals surface area contributed by atoms with Crippen molar-refractivity contribution in [3.63, 3.8) is 0 Å². The Kier molecular flexibility index (Phi) is 6.17. The number of hydrogen-bond donors (Lipinski definition) is 0. The molecule has 0 radical (unpaired) electrons. The summed E-state index contributed by atoms with van der Waals surface area (Å²) in [6.07, 6.45) is 0. The molecule has 1 amide bonds. The van der Waals surface area contributed by atoms with Crippen LogP contribution in [0.4, 0.5) is 0 Å². The molecule has 0 bridgehead atoms. The van der Waals surface area contributed by atoms with Crippen LogP contribution in [0.3, 0.4) is 0 Å². The van der Waals surface area contributed by atoms with E-state index in [0.717, 1.165) is 11.3 Å². The van der Waals surface area contributed by atoms with Gasteiger partial charge in [0.2, 0.25) is 0 Å². The molecule has 0 spiro atoms. The maximum Gasteiger partial charge on any atom is 0.253 e. The van der Waals surface area contributed by atoms with Crippen molar-refractivity contribution in [1.29, 1.82) is 0 Å². The summed E-state index contributed by atoms with van der Waals surface area (Å²) in [6, 6.07) is 22.2. The van der Waals surface area contributed by atoms with Gasteiger partial charge in [-0.15, -0.1) is 0 Å². The lowest BCUT2D eigenvalue weighted by molar-refractivity contribution is 0.0784. The van der Waals surface area contributed by atoms with E-state index in [-0.39, 0.29) is 5.91 Å². The molecule has 0 fully saturated rings. The van der Waals surface area contributed by atoms with Crippen LogP contribution in [0, 0.1) is 0 Å². The summed E-state index contributed by atoms with van der Waals surface area (Å²) in [7, 11) is 4.97. The standard InChI is InChI=1S/C23H23NO4/c1-24(16-18-11-14-21(26-2)15-22(18)27-3)23(25)17-9-12-20(13-10-17)28-19-7-5-4-6-8-19/h4-15H,16H2,1-3H3. The summed E-state index contributed by atoms with van der Waals surface area (Å²) in [5.41, 5.74) is 1.50. The van der Waals surface area contributed by atoms with E-state index in [1.807, 2.05) is 48.5 Å². The minimum absolute atomic E-state index is 0.0795. The summed E-state index contributed by atoms with van der Waals surface area (Å²) in [5.74, 6) is 2.76. The molecular formula is C23H23NO4. The van der Waals surface area contributed by atoms with Crippen LogP contribution in [0.5, 0.6) is 23.0 Å². The monoisotopic (exact) mass is 377 g/mol. The first-order valence-electron chi connectivity index (χ1n) is 8.90. The average molecular weight is 377 g/mol. The van der Waals surface area contributed by atoms with E-state index in [1.54, 1.807) is 50.4 Å². The lowest BCUT2D eigenvalue weighted by atomic mass is 10.1. The van der Waals surface area contributed by atoms with Crippen molar-refractivity contribution in [1.82, 2.24) is 4.90 Å². The molecule has 0 aliphatic carbocycles. The number of rotatable bonds is 7. The van der Waals surface area contributed by atoms with Crippen LogP contribution >= 0.6 is 0 Å². The Bertz CT molecular complexity index is 923. The first-order chi connectivity index (χ1) is 13.6. The highest BCUT2D eigenvalue weighted by Crippen LogP contribution is 2.26. The number of ether oxygens (including phenoxy) is 3. The fourth-order valence-corrected chi connectivity index (χ4v) is 2.82. The van der Waals surface area contributed by atoms with Crippen LogP contribution in [-0.4, -0.2) is 32.1 Å². The van der Waals surface area contributed by atoms with Crippen LogP contribution in [0.2, 0.25) is 0 Å². The molecule has 144 valence electrons. The molecule has 0 aliphatic rings. The van der Waals surface area contributed by atoms with Crippen molar-refractivity contribution in [2.75, 3.05) is 21.3 Å². The summed E-state index contributed by atoms with van der Waals surface area (Å²) < 4.78 is 16.4. The molecule has 5 nitrogen and oxygen atoms in total. The first-order valence-corrected chi connectivity index (χ1v) is 8.90. The molecule has 0 aromatic heterocycles. The van der Waals surface area contributed by atoms with Gasteiger partial charge < -0.3 is 19.1 Å². The van der Waals surface area contributed by atoms with Crippen LogP contribution in [0.25, 0.3) is 0 Å². The number of hydrogen-bond acceptors (Lipinski definition) is 4. The predicted octanol–water partition coefficient (Wildman–Crippen LogP) is 4.77. The largest absolute Gasteiger partial charge is 0.497 e. The highest BCUT2D eigenvalue weighted by Gasteiger charge is 2.15. The van der Waals surface area contributed by atoms with E-state index in [0.29, 0.717) is 29.4 Å². The Morgan fingerprint density at radius 1 is 0.821 bits per heavy atom. The minimum Gasteiger partial charge on any atom is -0.497 e. The van der Waals surface area contributed by atoms with E-state index < -0.39 is 0 Å². The number of amides is 1. The van der Waals surface area contributed by atoms with Gasteiger partial charge in [-0.2, -0.15) is 0 Å². The van der Waals surface area contributed by atoms with Gasteiger partial charge in [0.25, 0.3) is 5.91 Å². The Hall–Kier alpha value is -3.47. The van der Waals surface area contributed by atoms with Crippen LogP contribution in [0.15, 0.2) is 72.8 Å². The van der Waals surface area contributed by atoms with Gasteiger partial charge >= 0.3 is 0 Å². The van der Waals surface area contributed by atoms with Gasteiger partial charge in [-0.3, -0.25) is 4.79 Å². The number of methoxy groups -OCH3 is 2. The van der Waals surface area contributed by atoms with E-state index in [2.05, 4.69) is 0 Å². The molecule has 0 saturated carbocycles. The van der Waals surface area contributed by atoms with E-state index in [1.165, 1.54) is 0 Å². The second-order valence-electron chi connectivity index (χ2n) is 6.28. The summed E-state index contributed by atoms with van der Waals surface area (Å²) in [6.45, 7) is 0.425. The lowest BCUT2D eigenvalue weighted by Crippen LogP contribution is -2.26. The van der Waals surface area contributed by atoms with Crippen LogP contribution < -0.4 is 14.2 Å². The third kappa shape index (κ3) is 4.62. The lowest BCUT2D eigenvalue weighted by Gasteiger charge is -2.19. The molecule has 0 unspecified atom stereocenters. The van der Waals surface area contributed by atoms with E-state index in [9.17, 15) is 4.79 Å². The Morgan fingerprint density at radius 3 is 2.11 bits per heavy atom. The molecule has 0 N–H and O–H groups in total. The number of nitrogens with zero attached hydrogens (tertiary/aromatic N) is 1. The normalized spacial score (nSPS) is 10.2. The first kappa shape index (κ1) is 19.3. The minimum atomic E-state index is -0.0795. The zero-order chi connectivity index (χ0) is 19.9. The molecule has 0 atom stereocenters. The maximum absolute atomic E-state index is 12.8. The van der Waals surface area contributed by atoms with Gasteiger partial charge in [0.15, 0.2) is 0 Å². The van der Waals surface area contributed by atoms with Crippen LogP contribution in [-0.2, 0) is 6.54 Å². The Balaban J connectivity index is 1.68. The third-order valence-corrected chi connectivity index (χ3v) is 4.33. The summed E-state index contributed by atoms with van der Waals surface area (Å²) in [4.78, 5) is 14.4. The zero-order valence-electron chi connectivity index (χ0n) is 16.2. The van der Waals surface area contributed by atoms with Crippen molar-refractivity contribution < 1.29 is 19.0 Å². The molecule has 3 aromatic rings. The quantitative estimate of drug-likeness (QED) is 0.595. The fourth-order valence-electron chi connectivity index (χ4n) is 2.82. The molecule has 5 heteroatoms. The highest BCUT2D eigenvalue weighted by molar-refractivity contribution is 5.94. The van der Waals surface area contributed by atoms with Gasteiger partial charge in [-0.05, 0) is 48.5 Å².